The largest absolute Gasteiger partial charge is 0.355 e. The summed E-state index contributed by atoms with van der Waals surface area (Å²) in [7, 11) is -1.51. The standard InChI is InChI=1S/C13H17ClFNO2S/c1-3-7-16-13(17)9(2)19(18)8-10-11(14)5-4-6-12(10)15/h4-6,9H,3,7-8H2,1-2H3,(H,16,17)/t9-,19+/m1/s1. The zero-order valence-corrected chi connectivity index (χ0v) is 12.5. The molecule has 0 unspecified atom stereocenters. The molecule has 2 atom stereocenters. The van der Waals surface area contributed by atoms with E-state index in [1.54, 1.807) is 13.0 Å². The van der Waals surface area contributed by atoms with Crippen molar-refractivity contribution in [3.63, 3.8) is 0 Å². The van der Waals surface area contributed by atoms with Gasteiger partial charge in [-0.15, -0.1) is 0 Å². The molecule has 0 saturated heterocycles. The molecule has 0 fully saturated rings. The van der Waals surface area contributed by atoms with Gasteiger partial charge >= 0.3 is 0 Å². The molecule has 0 radical (unpaired) electrons. The molecule has 106 valence electrons. The van der Waals surface area contributed by atoms with Crippen LogP contribution in [0.15, 0.2) is 18.2 Å². The van der Waals surface area contributed by atoms with Crippen molar-refractivity contribution in [1.29, 1.82) is 0 Å². The molecule has 0 saturated carbocycles. The minimum absolute atomic E-state index is 0.0633. The Morgan fingerprint density at radius 2 is 2.21 bits per heavy atom. The predicted octanol–water partition coefficient (Wildman–Crippen LogP) is 2.64. The van der Waals surface area contributed by atoms with E-state index in [0.717, 1.165) is 6.42 Å². The Balaban J connectivity index is 2.71. The van der Waals surface area contributed by atoms with E-state index in [0.29, 0.717) is 6.54 Å². The van der Waals surface area contributed by atoms with E-state index in [4.69, 9.17) is 11.6 Å². The molecule has 1 aromatic rings. The maximum atomic E-state index is 13.6. The van der Waals surface area contributed by atoms with Crippen LogP contribution in [0.1, 0.15) is 25.8 Å². The molecule has 6 heteroatoms. The molecule has 1 amide bonds. The summed E-state index contributed by atoms with van der Waals surface area (Å²) in [4.78, 5) is 11.7. The lowest BCUT2D eigenvalue weighted by molar-refractivity contribution is -0.120. The molecule has 0 aliphatic heterocycles. The minimum atomic E-state index is -1.51. The van der Waals surface area contributed by atoms with Gasteiger partial charge in [-0.25, -0.2) is 4.39 Å². The van der Waals surface area contributed by atoms with Crippen LogP contribution >= 0.6 is 11.6 Å². The molecular formula is C13H17ClFNO2S. The van der Waals surface area contributed by atoms with Gasteiger partial charge in [-0.05, 0) is 25.5 Å². The van der Waals surface area contributed by atoms with Crippen LogP contribution in [0.5, 0.6) is 0 Å². The number of rotatable bonds is 6. The highest BCUT2D eigenvalue weighted by Gasteiger charge is 2.21. The molecule has 0 aliphatic carbocycles. The predicted molar refractivity (Wildman–Crippen MR) is 76.0 cm³/mol. The molecule has 1 N–H and O–H groups in total. The monoisotopic (exact) mass is 305 g/mol. The molecule has 1 rings (SSSR count). The first kappa shape index (κ1) is 16.1. The van der Waals surface area contributed by atoms with Crippen LogP contribution < -0.4 is 5.32 Å². The molecule has 0 aliphatic rings. The fraction of sp³-hybridized carbons (Fsp3) is 0.462. The lowest BCUT2D eigenvalue weighted by atomic mass is 10.2. The number of amides is 1. The lowest BCUT2D eigenvalue weighted by Crippen LogP contribution is -2.36. The molecular weight excluding hydrogens is 289 g/mol. The second-order valence-electron chi connectivity index (χ2n) is 4.16. The van der Waals surface area contributed by atoms with Crippen molar-refractivity contribution in [1.82, 2.24) is 5.32 Å². The van der Waals surface area contributed by atoms with E-state index < -0.39 is 21.9 Å². The molecule has 0 spiro atoms. The Morgan fingerprint density at radius 1 is 1.53 bits per heavy atom. The first-order valence-electron chi connectivity index (χ1n) is 6.05. The summed E-state index contributed by atoms with van der Waals surface area (Å²) in [6, 6.07) is 4.29. The Kier molecular flexibility index (Phi) is 6.45. The van der Waals surface area contributed by atoms with Gasteiger partial charge in [0.2, 0.25) is 5.91 Å². The molecule has 3 nitrogen and oxygen atoms in total. The minimum Gasteiger partial charge on any atom is -0.355 e. The van der Waals surface area contributed by atoms with Crippen molar-refractivity contribution in [2.45, 2.75) is 31.3 Å². The third-order valence-electron chi connectivity index (χ3n) is 2.66. The van der Waals surface area contributed by atoms with Gasteiger partial charge in [0.25, 0.3) is 0 Å². The van der Waals surface area contributed by atoms with Crippen molar-refractivity contribution in [3.8, 4) is 0 Å². The molecule has 1 aromatic carbocycles. The number of benzene rings is 1. The highest BCUT2D eigenvalue weighted by atomic mass is 35.5. The maximum Gasteiger partial charge on any atom is 0.235 e. The van der Waals surface area contributed by atoms with Gasteiger partial charge < -0.3 is 5.32 Å². The van der Waals surface area contributed by atoms with Gasteiger partial charge in [-0.2, -0.15) is 0 Å². The molecule has 0 bridgehead atoms. The van der Waals surface area contributed by atoms with Crippen LogP contribution in [0.4, 0.5) is 4.39 Å². The van der Waals surface area contributed by atoms with Crippen LogP contribution in [-0.4, -0.2) is 21.9 Å². The first-order valence-corrected chi connectivity index (χ1v) is 7.81. The smallest absolute Gasteiger partial charge is 0.235 e. The summed E-state index contributed by atoms with van der Waals surface area (Å²) in [5.41, 5.74) is 0.192. The van der Waals surface area contributed by atoms with Gasteiger partial charge in [0.15, 0.2) is 0 Å². The van der Waals surface area contributed by atoms with E-state index in [1.807, 2.05) is 6.92 Å². The quantitative estimate of drug-likeness (QED) is 0.878. The highest BCUT2D eigenvalue weighted by Crippen LogP contribution is 2.21. The van der Waals surface area contributed by atoms with Crippen LogP contribution in [0.25, 0.3) is 0 Å². The first-order chi connectivity index (χ1) is 8.97. The van der Waals surface area contributed by atoms with Gasteiger partial charge in [0.05, 0.1) is 5.75 Å². The number of hydrogen-bond donors (Lipinski definition) is 1. The topological polar surface area (TPSA) is 46.2 Å². The summed E-state index contributed by atoms with van der Waals surface area (Å²) in [5.74, 6) is -0.846. The van der Waals surface area contributed by atoms with Crippen molar-refractivity contribution < 1.29 is 13.4 Å². The molecule has 0 aromatic heterocycles. The number of carbonyl (C=O) groups excluding carboxylic acids is 1. The third kappa shape index (κ3) is 4.58. The number of carbonyl (C=O) groups is 1. The van der Waals surface area contributed by atoms with Crippen LogP contribution in [-0.2, 0) is 21.3 Å². The van der Waals surface area contributed by atoms with Crippen LogP contribution in [0, 0.1) is 5.82 Å². The normalized spacial score (nSPS) is 13.9. The summed E-state index contributed by atoms with van der Waals surface area (Å²) < 4.78 is 25.6. The molecule has 0 heterocycles. The van der Waals surface area contributed by atoms with Crippen LogP contribution in [0.3, 0.4) is 0 Å². The SMILES string of the molecule is CCCNC(=O)[C@@H](C)[S@@](=O)Cc1c(F)cccc1Cl. The Morgan fingerprint density at radius 3 is 2.79 bits per heavy atom. The van der Waals surface area contributed by atoms with E-state index >= 15 is 0 Å². The number of nitrogens with one attached hydrogen (secondary N) is 1. The van der Waals surface area contributed by atoms with E-state index in [2.05, 4.69) is 5.32 Å². The summed E-state index contributed by atoms with van der Waals surface area (Å²) in [6.07, 6.45) is 0.810. The Hall–Kier alpha value is -0.940. The Labute approximate surface area is 120 Å². The summed E-state index contributed by atoms with van der Waals surface area (Å²) in [5, 5.41) is 2.21. The van der Waals surface area contributed by atoms with Gasteiger partial charge in [0.1, 0.15) is 11.1 Å². The average Bonchev–Trinajstić information content (AvgIpc) is 2.39. The van der Waals surface area contributed by atoms with Crippen molar-refractivity contribution in [2.24, 2.45) is 0 Å². The van der Waals surface area contributed by atoms with Crippen molar-refractivity contribution in [3.05, 3.63) is 34.6 Å². The lowest BCUT2D eigenvalue weighted by Gasteiger charge is -2.12. The van der Waals surface area contributed by atoms with Gasteiger partial charge in [-0.1, -0.05) is 24.6 Å². The number of halogens is 2. The van der Waals surface area contributed by atoms with E-state index in [1.165, 1.54) is 12.1 Å². The zero-order valence-electron chi connectivity index (χ0n) is 10.9. The zero-order chi connectivity index (χ0) is 14.4. The van der Waals surface area contributed by atoms with E-state index in [-0.39, 0.29) is 22.2 Å². The van der Waals surface area contributed by atoms with Crippen molar-refractivity contribution in [2.75, 3.05) is 6.54 Å². The van der Waals surface area contributed by atoms with Crippen LogP contribution in [0.2, 0.25) is 5.02 Å². The van der Waals surface area contributed by atoms with Gasteiger partial charge in [0, 0.05) is 27.9 Å². The summed E-state index contributed by atoms with van der Waals surface area (Å²) in [6.45, 7) is 4.04. The van der Waals surface area contributed by atoms with Crippen molar-refractivity contribution >= 4 is 28.3 Å². The Bertz CT molecular complexity index is 461. The molecule has 19 heavy (non-hydrogen) atoms. The van der Waals surface area contributed by atoms with E-state index in [9.17, 15) is 13.4 Å². The third-order valence-corrected chi connectivity index (χ3v) is 4.59. The fourth-order valence-corrected chi connectivity index (χ4v) is 2.91. The van der Waals surface area contributed by atoms with Gasteiger partial charge in [-0.3, -0.25) is 9.00 Å². The summed E-state index contributed by atoms with van der Waals surface area (Å²) >= 11 is 5.87. The second-order valence-corrected chi connectivity index (χ2v) is 6.32. The highest BCUT2D eigenvalue weighted by molar-refractivity contribution is 7.85. The fourth-order valence-electron chi connectivity index (χ4n) is 1.45. The maximum absolute atomic E-state index is 13.6. The number of hydrogen-bond acceptors (Lipinski definition) is 2. The second kappa shape index (κ2) is 7.60. The average molecular weight is 306 g/mol.